The van der Waals surface area contributed by atoms with Gasteiger partial charge >= 0.3 is 0 Å². The number of nitrogens with zero attached hydrogens (tertiary/aromatic N) is 2. The van der Waals surface area contributed by atoms with E-state index in [0.717, 1.165) is 30.5 Å². The van der Waals surface area contributed by atoms with E-state index >= 15 is 0 Å². The largest absolute Gasteiger partial charge is 0.370 e. The SMILES string of the molecule is CCNc1cc(NCC2(SC)CCCC2)nc(C)n1. The van der Waals surface area contributed by atoms with Crippen molar-refractivity contribution in [2.75, 3.05) is 30.0 Å². The molecule has 5 heteroatoms. The highest BCUT2D eigenvalue weighted by atomic mass is 32.2. The molecule has 1 saturated carbocycles. The molecule has 2 rings (SSSR count). The van der Waals surface area contributed by atoms with Gasteiger partial charge in [-0.25, -0.2) is 9.97 Å². The first-order chi connectivity index (χ1) is 9.17. The van der Waals surface area contributed by atoms with Crippen LogP contribution in [0.25, 0.3) is 0 Å². The van der Waals surface area contributed by atoms with Crippen LogP contribution in [-0.2, 0) is 0 Å². The quantitative estimate of drug-likeness (QED) is 0.837. The van der Waals surface area contributed by atoms with Gasteiger partial charge in [0.25, 0.3) is 0 Å². The Labute approximate surface area is 120 Å². The zero-order valence-electron chi connectivity index (χ0n) is 12.1. The van der Waals surface area contributed by atoms with E-state index in [4.69, 9.17) is 0 Å². The van der Waals surface area contributed by atoms with Crippen LogP contribution in [0.4, 0.5) is 11.6 Å². The summed E-state index contributed by atoms with van der Waals surface area (Å²) in [5.74, 6) is 2.65. The maximum atomic E-state index is 4.47. The summed E-state index contributed by atoms with van der Waals surface area (Å²) in [6, 6.07) is 2.00. The van der Waals surface area contributed by atoms with Crippen LogP contribution in [0.2, 0.25) is 0 Å². The Bertz CT molecular complexity index is 416. The summed E-state index contributed by atoms with van der Waals surface area (Å²) in [5, 5.41) is 6.75. The number of aryl methyl sites for hydroxylation is 1. The predicted molar refractivity (Wildman–Crippen MR) is 84.1 cm³/mol. The highest BCUT2D eigenvalue weighted by Crippen LogP contribution is 2.40. The Kier molecular flexibility index (Phi) is 4.91. The fourth-order valence-corrected chi connectivity index (χ4v) is 3.57. The minimum absolute atomic E-state index is 0.400. The maximum absolute atomic E-state index is 4.47. The molecule has 0 atom stereocenters. The number of rotatable bonds is 6. The topological polar surface area (TPSA) is 49.8 Å². The van der Waals surface area contributed by atoms with Gasteiger partial charge in [0.2, 0.25) is 0 Å². The van der Waals surface area contributed by atoms with Crippen molar-refractivity contribution < 1.29 is 0 Å². The van der Waals surface area contributed by atoms with Gasteiger partial charge in [0, 0.05) is 23.9 Å². The average molecular weight is 280 g/mol. The van der Waals surface area contributed by atoms with Crippen molar-refractivity contribution in [2.24, 2.45) is 0 Å². The van der Waals surface area contributed by atoms with Crippen LogP contribution in [-0.4, -0.2) is 34.1 Å². The second kappa shape index (κ2) is 6.46. The second-order valence-corrected chi connectivity index (χ2v) is 6.44. The minimum Gasteiger partial charge on any atom is -0.370 e. The highest BCUT2D eigenvalue weighted by Gasteiger charge is 2.32. The minimum atomic E-state index is 0.400. The van der Waals surface area contributed by atoms with E-state index in [1.807, 2.05) is 24.8 Å². The third-order valence-corrected chi connectivity index (χ3v) is 5.15. The third kappa shape index (κ3) is 3.75. The number of anilines is 2. The molecule has 1 heterocycles. The Hall–Kier alpha value is -0.970. The zero-order chi connectivity index (χ0) is 13.7. The molecule has 4 nitrogen and oxygen atoms in total. The van der Waals surface area contributed by atoms with E-state index in [1.54, 1.807) is 0 Å². The van der Waals surface area contributed by atoms with Gasteiger partial charge in [-0.05, 0) is 32.9 Å². The van der Waals surface area contributed by atoms with E-state index in [-0.39, 0.29) is 0 Å². The predicted octanol–water partition coefficient (Wildman–Crippen LogP) is 3.30. The van der Waals surface area contributed by atoms with Gasteiger partial charge < -0.3 is 10.6 Å². The molecule has 0 bridgehead atoms. The highest BCUT2D eigenvalue weighted by molar-refractivity contribution is 8.00. The lowest BCUT2D eigenvalue weighted by Gasteiger charge is -2.27. The zero-order valence-corrected chi connectivity index (χ0v) is 12.9. The summed E-state index contributed by atoms with van der Waals surface area (Å²) < 4.78 is 0.400. The van der Waals surface area contributed by atoms with Crippen molar-refractivity contribution in [1.82, 2.24) is 9.97 Å². The van der Waals surface area contributed by atoms with Crippen molar-refractivity contribution in [2.45, 2.75) is 44.3 Å². The molecule has 1 aromatic heterocycles. The molecule has 0 amide bonds. The standard InChI is InChI=1S/C14H24N4S/c1-4-15-12-9-13(18-11(2)17-12)16-10-14(19-3)7-5-6-8-14/h9H,4-8,10H2,1-3H3,(H2,15,16,17,18). The molecule has 0 saturated heterocycles. The summed E-state index contributed by atoms with van der Waals surface area (Å²) in [6.45, 7) is 5.89. The van der Waals surface area contributed by atoms with E-state index in [2.05, 4.69) is 33.8 Å². The third-order valence-electron chi connectivity index (χ3n) is 3.74. The van der Waals surface area contributed by atoms with Crippen LogP contribution < -0.4 is 10.6 Å². The number of hydrogen-bond acceptors (Lipinski definition) is 5. The van der Waals surface area contributed by atoms with Crippen molar-refractivity contribution in [3.63, 3.8) is 0 Å². The first-order valence-corrected chi connectivity index (χ1v) is 8.28. The molecule has 0 aliphatic heterocycles. The molecule has 1 fully saturated rings. The molecular weight excluding hydrogens is 256 g/mol. The molecule has 0 unspecified atom stereocenters. The first kappa shape index (κ1) is 14.4. The van der Waals surface area contributed by atoms with Crippen molar-refractivity contribution >= 4 is 23.4 Å². The monoisotopic (exact) mass is 280 g/mol. The molecule has 0 spiro atoms. The lowest BCUT2D eigenvalue weighted by atomic mass is 10.1. The van der Waals surface area contributed by atoms with Gasteiger partial charge in [-0.15, -0.1) is 0 Å². The van der Waals surface area contributed by atoms with E-state index in [1.165, 1.54) is 25.7 Å². The van der Waals surface area contributed by atoms with Crippen molar-refractivity contribution in [3.8, 4) is 0 Å². The molecule has 1 aromatic rings. The number of hydrogen-bond donors (Lipinski definition) is 2. The summed E-state index contributed by atoms with van der Waals surface area (Å²) in [4.78, 5) is 8.84. The molecule has 0 aromatic carbocycles. The second-order valence-electron chi connectivity index (χ2n) is 5.16. The van der Waals surface area contributed by atoms with Crippen LogP contribution in [0.3, 0.4) is 0 Å². The summed E-state index contributed by atoms with van der Waals surface area (Å²) >= 11 is 2.00. The average Bonchev–Trinajstić information content (AvgIpc) is 2.86. The van der Waals surface area contributed by atoms with Gasteiger partial charge in [-0.2, -0.15) is 11.8 Å². The fourth-order valence-electron chi connectivity index (χ4n) is 2.65. The lowest BCUT2D eigenvalue weighted by molar-refractivity contribution is 0.638. The smallest absolute Gasteiger partial charge is 0.131 e. The van der Waals surface area contributed by atoms with Gasteiger partial charge in [0.1, 0.15) is 17.5 Å². The Morgan fingerprint density at radius 2 is 1.84 bits per heavy atom. The maximum Gasteiger partial charge on any atom is 0.131 e. The normalized spacial score (nSPS) is 17.4. The lowest BCUT2D eigenvalue weighted by Crippen LogP contribution is -2.30. The Morgan fingerprint density at radius 3 is 2.42 bits per heavy atom. The Morgan fingerprint density at radius 1 is 1.21 bits per heavy atom. The van der Waals surface area contributed by atoms with E-state index < -0.39 is 0 Å². The van der Waals surface area contributed by atoms with Gasteiger partial charge in [-0.3, -0.25) is 0 Å². The molecular formula is C14H24N4S. The fraction of sp³-hybridized carbons (Fsp3) is 0.714. The number of nitrogens with one attached hydrogen (secondary N) is 2. The number of aromatic nitrogens is 2. The summed E-state index contributed by atoms with van der Waals surface area (Å²) in [7, 11) is 0. The molecule has 2 N–H and O–H groups in total. The van der Waals surface area contributed by atoms with E-state index in [9.17, 15) is 0 Å². The van der Waals surface area contributed by atoms with Gasteiger partial charge in [0.05, 0.1) is 0 Å². The van der Waals surface area contributed by atoms with Crippen molar-refractivity contribution in [3.05, 3.63) is 11.9 Å². The van der Waals surface area contributed by atoms with Gasteiger partial charge in [0.15, 0.2) is 0 Å². The molecule has 0 radical (unpaired) electrons. The summed E-state index contributed by atoms with van der Waals surface area (Å²) in [6.07, 6.45) is 7.56. The molecule has 1 aliphatic rings. The first-order valence-electron chi connectivity index (χ1n) is 7.06. The molecule has 1 aliphatic carbocycles. The summed E-state index contributed by atoms with van der Waals surface area (Å²) in [5.41, 5.74) is 0. The molecule has 106 valence electrons. The Balaban J connectivity index is 2.02. The molecule has 19 heavy (non-hydrogen) atoms. The van der Waals surface area contributed by atoms with Crippen LogP contribution in [0.5, 0.6) is 0 Å². The number of thioether (sulfide) groups is 1. The van der Waals surface area contributed by atoms with E-state index in [0.29, 0.717) is 4.75 Å². The van der Waals surface area contributed by atoms with Gasteiger partial charge in [-0.1, -0.05) is 12.8 Å². The van der Waals surface area contributed by atoms with Crippen LogP contribution in [0.15, 0.2) is 6.07 Å². The van der Waals surface area contributed by atoms with Crippen LogP contribution >= 0.6 is 11.8 Å². The van der Waals surface area contributed by atoms with Crippen LogP contribution in [0, 0.1) is 6.92 Å². The van der Waals surface area contributed by atoms with Crippen molar-refractivity contribution in [1.29, 1.82) is 0 Å². The van der Waals surface area contributed by atoms with Crippen LogP contribution in [0.1, 0.15) is 38.4 Å².